The molecule has 1 aromatic heterocycles. The summed E-state index contributed by atoms with van der Waals surface area (Å²) < 4.78 is 1.19. The number of pyridine rings is 1. The van der Waals surface area contributed by atoms with Gasteiger partial charge in [0.15, 0.2) is 0 Å². The molecule has 0 atom stereocenters. The number of carbonyl (C=O) groups excluding carboxylic acids is 2. The number of aromatic nitrogens is 1. The van der Waals surface area contributed by atoms with E-state index in [0.717, 1.165) is 25.7 Å². The number of nitrogens with one attached hydrogen (secondary N) is 1. The summed E-state index contributed by atoms with van der Waals surface area (Å²) in [6, 6.07) is 2.85. The van der Waals surface area contributed by atoms with Gasteiger partial charge in [0.25, 0.3) is 5.56 Å². The Hall–Kier alpha value is -2.11. The van der Waals surface area contributed by atoms with E-state index < -0.39 is 5.91 Å². The molecular formula is C14H19N3O3. The highest BCUT2D eigenvalue weighted by atomic mass is 16.2. The van der Waals surface area contributed by atoms with E-state index in [0.29, 0.717) is 5.69 Å². The van der Waals surface area contributed by atoms with Crippen molar-refractivity contribution in [2.24, 2.45) is 11.1 Å². The van der Waals surface area contributed by atoms with Crippen LogP contribution in [0, 0.1) is 5.41 Å². The molecule has 6 nitrogen and oxygen atoms in total. The van der Waals surface area contributed by atoms with E-state index in [1.54, 1.807) is 0 Å². The van der Waals surface area contributed by atoms with Crippen LogP contribution in [-0.2, 0) is 16.1 Å². The van der Waals surface area contributed by atoms with Crippen molar-refractivity contribution in [2.75, 3.05) is 5.32 Å². The van der Waals surface area contributed by atoms with E-state index in [1.807, 2.05) is 6.92 Å². The van der Waals surface area contributed by atoms with Gasteiger partial charge in [-0.15, -0.1) is 0 Å². The number of rotatable bonds is 4. The number of hydrogen-bond acceptors (Lipinski definition) is 3. The molecular weight excluding hydrogens is 258 g/mol. The lowest BCUT2D eigenvalue weighted by molar-refractivity contribution is -0.124. The lowest BCUT2D eigenvalue weighted by Gasteiger charge is -2.22. The second-order valence-electron chi connectivity index (χ2n) is 5.57. The third-order valence-corrected chi connectivity index (χ3v) is 3.82. The summed E-state index contributed by atoms with van der Waals surface area (Å²) in [6.07, 6.45) is 5.32. The highest BCUT2D eigenvalue weighted by Gasteiger charge is 2.36. The number of hydrogen-bond donors (Lipinski definition) is 2. The number of amides is 2. The van der Waals surface area contributed by atoms with Gasteiger partial charge in [0, 0.05) is 17.7 Å². The zero-order chi connectivity index (χ0) is 14.8. The standard InChI is InChI=1S/C14H19N3O3/c1-14(6-2-3-7-14)13(20)16-10-4-5-12(19)17(8-10)9-11(15)18/h4-5,8H,2-3,6-7,9H2,1H3,(H2,15,18)(H,16,20). The molecule has 1 aliphatic carbocycles. The van der Waals surface area contributed by atoms with E-state index in [-0.39, 0.29) is 23.4 Å². The number of anilines is 1. The van der Waals surface area contributed by atoms with E-state index in [2.05, 4.69) is 5.32 Å². The molecule has 1 fully saturated rings. The molecule has 0 unspecified atom stereocenters. The van der Waals surface area contributed by atoms with Gasteiger partial charge in [0.05, 0.1) is 5.69 Å². The third kappa shape index (κ3) is 3.07. The lowest BCUT2D eigenvalue weighted by atomic mass is 9.88. The molecule has 20 heavy (non-hydrogen) atoms. The van der Waals surface area contributed by atoms with Crippen molar-refractivity contribution >= 4 is 17.5 Å². The number of nitrogens with zero attached hydrogens (tertiary/aromatic N) is 1. The molecule has 1 aromatic rings. The summed E-state index contributed by atoms with van der Waals surface area (Å²) in [5, 5.41) is 2.81. The van der Waals surface area contributed by atoms with Crippen LogP contribution in [0.1, 0.15) is 32.6 Å². The Morgan fingerprint density at radius 2 is 2.00 bits per heavy atom. The van der Waals surface area contributed by atoms with Gasteiger partial charge in [-0.25, -0.2) is 0 Å². The minimum absolute atomic E-state index is 0.0423. The molecule has 0 spiro atoms. The Morgan fingerprint density at radius 1 is 1.35 bits per heavy atom. The second-order valence-corrected chi connectivity index (χ2v) is 5.57. The molecule has 0 saturated heterocycles. The fourth-order valence-corrected chi connectivity index (χ4v) is 2.56. The van der Waals surface area contributed by atoms with Crippen molar-refractivity contribution < 1.29 is 9.59 Å². The molecule has 1 aliphatic rings. The van der Waals surface area contributed by atoms with Crippen LogP contribution in [0.3, 0.4) is 0 Å². The first kappa shape index (κ1) is 14.3. The van der Waals surface area contributed by atoms with E-state index >= 15 is 0 Å². The van der Waals surface area contributed by atoms with Gasteiger partial charge >= 0.3 is 0 Å². The summed E-state index contributed by atoms with van der Waals surface area (Å²) in [5.74, 6) is -0.641. The normalized spacial score (nSPS) is 16.9. The molecule has 0 aromatic carbocycles. The second kappa shape index (κ2) is 5.48. The van der Waals surface area contributed by atoms with E-state index in [1.165, 1.54) is 22.9 Å². The quantitative estimate of drug-likeness (QED) is 0.854. The smallest absolute Gasteiger partial charge is 0.251 e. The summed E-state index contributed by atoms with van der Waals surface area (Å²) in [6.45, 7) is 1.76. The highest BCUT2D eigenvalue weighted by Crippen LogP contribution is 2.38. The summed E-state index contributed by atoms with van der Waals surface area (Å²) >= 11 is 0. The highest BCUT2D eigenvalue weighted by molar-refractivity contribution is 5.95. The van der Waals surface area contributed by atoms with Crippen molar-refractivity contribution in [1.29, 1.82) is 0 Å². The zero-order valence-electron chi connectivity index (χ0n) is 11.5. The molecule has 2 amide bonds. The summed E-state index contributed by atoms with van der Waals surface area (Å²) in [4.78, 5) is 34.7. The van der Waals surface area contributed by atoms with Crippen molar-refractivity contribution in [3.8, 4) is 0 Å². The van der Waals surface area contributed by atoms with Crippen LogP contribution in [-0.4, -0.2) is 16.4 Å². The van der Waals surface area contributed by atoms with Gasteiger partial charge in [-0.1, -0.05) is 19.8 Å². The Morgan fingerprint density at radius 3 is 2.60 bits per heavy atom. The van der Waals surface area contributed by atoms with Crippen molar-refractivity contribution in [3.63, 3.8) is 0 Å². The maximum absolute atomic E-state index is 12.3. The van der Waals surface area contributed by atoms with Crippen molar-refractivity contribution in [1.82, 2.24) is 4.57 Å². The van der Waals surface area contributed by atoms with Gasteiger partial charge in [0.2, 0.25) is 11.8 Å². The Bertz CT molecular complexity index is 586. The van der Waals surface area contributed by atoms with Gasteiger partial charge in [-0.3, -0.25) is 14.4 Å². The largest absolute Gasteiger partial charge is 0.368 e. The minimum Gasteiger partial charge on any atom is -0.368 e. The molecule has 1 heterocycles. The van der Waals surface area contributed by atoms with Crippen molar-refractivity contribution in [2.45, 2.75) is 39.2 Å². The fraction of sp³-hybridized carbons (Fsp3) is 0.500. The first-order chi connectivity index (χ1) is 9.40. The van der Waals surface area contributed by atoms with Gasteiger partial charge in [-0.05, 0) is 18.9 Å². The molecule has 0 radical (unpaired) electrons. The monoisotopic (exact) mass is 277 g/mol. The minimum atomic E-state index is -0.599. The van der Waals surface area contributed by atoms with Crippen LogP contribution in [0.25, 0.3) is 0 Å². The van der Waals surface area contributed by atoms with Gasteiger partial charge in [0.1, 0.15) is 6.54 Å². The van der Waals surface area contributed by atoms with Crippen LogP contribution in [0.5, 0.6) is 0 Å². The zero-order valence-corrected chi connectivity index (χ0v) is 11.5. The van der Waals surface area contributed by atoms with Crippen LogP contribution < -0.4 is 16.6 Å². The number of primary amides is 1. The topological polar surface area (TPSA) is 94.2 Å². The molecule has 6 heteroatoms. The first-order valence-electron chi connectivity index (χ1n) is 6.71. The predicted molar refractivity (Wildman–Crippen MR) is 75.1 cm³/mol. The van der Waals surface area contributed by atoms with Crippen LogP contribution in [0.4, 0.5) is 5.69 Å². The third-order valence-electron chi connectivity index (χ3n) is 3.82. The molecule has 3 N–H and O–H groups in total. The molecule has 2 rings (SSSR count). The SMILES string of the molecule is CC1(C(=O)Nc2ccc(=O)n(CC(N)=O)c2)CCCC1. The number of nitrogens with two attached hydrogens (primary N) is 1. The van der Waals surface area contributed by atoms with Crippen molar-refractivity contribution in [3.05, 3.63) is 28.7 Å². The summed E-state index contributed by atoms with van der Waals surface area (Å²) in [5.41, 5.74) is 4.92. The maximum Gasteiger partial charge on any atom is 0.251 e. The Kier molecular flexibility index (Phi) is 3.92. The Balaban J connectivity index is 2.15. The maximum atomic E-state index is 12.3. The van der Waals surface area contributed by atoms with E-state index in [4.69, 9.17) is 5.73 Å². The van der Waals surface area contributed by atoms with Crippen LogP contribution >= 0.6 is 0 Å². The van der Waals surface area contributed by atoms with E-state index in [9.17, 15) is 14.4 Å². The molecule has 0 aliphatic heterocycles. The molecule has 108 valence electrons. The molecule has 0 bridgehead atoms. The average molecular weight is 277 g/mol. The predicted octanol–water partition coefficient (Wildman–Crippen LogP) is 0.852. The average Bonchev–Trinajstić information content (AvgIpc) is 2.81. The first-order valence-corrected chi connectivity index (χ1v) is 6.71. The summed E-state index contributed by atoms with van der Waals surface area (Å²) in [7, 11) is 0. The van der Waals surface area contributed by atoms with Crippen LogP contribution in [0.15, 0.2) is 23.1 Å². The van der Waals surface area contributed by atoms with Crippen LogP contribution in [0.2, 0.25) is 0 Å². The lowest BCUT2D eigenvalue weighted by Crippen LogP contribution is -2.32. The van der Waals surface area contributed by atoms with Gasteiger partial charge in [-0.2, -0.15) is 0 Å². The van der Waals surface area contributed by atoms with Gasteiger partial charge < -0.3 is 15.6 Å². The number of carbonyl (C=O) groups is 2. The fourth-order valence-electron chi connectivity index (χ4n) is 2.56. The molecule has 1 saturated carbocycles. The Labute approximate surface area is 117 Å².